The highest BCUT2D eigenvalue weighted by Gasteiger charge is 2.47. The Morgan fingerprint density at radius 2 is 1.75 bits per heavy atom. The Kier molecular flexibility index (Phi) is 5.74. The van der Waals surface area contributed by atoms with Gasteiger partial charge in [0, 0.05) is 32.9 Å². The molecule has 0 aromatic heterocycles. The summed E-state index contributed by atoms with van der Waals surface area (Å²) in [4.78, 5) is 2.36. The lowest BCUT2D eigenvalue weighted by molar-refractivity contribution is -0.274. The smallest absolute Gasteiger partial charge is 0.198 e. The predicted molar refractivity (Wildman–Crippen MR) is 82.4 cm³/mol. The molecule has 20 heavy (non-hydrogen) atoms. The van der Waals surface area contributed by atoms with Gasteiger partial charge >= 0.3 is 0 Å². The maximum atomic E-state index is 6.01. The monoisotopic (exact) mass is 295 g/mol. The van der Waals surface area contributed by atoms with Crippen LogP contribution in [0.15, 0.2) is 30.3 Å². The molecule has 0 N–H and O–H groups in total. The number of methoxy groups -OCH3 is 2. The molecule has 0 saturated carbocycles. The number of nitrogens with zero attached hydrogens (tertiary/aromatic N) is 1. The Morgan fingerprint density at radius 3 is 2.25 bits per heavy atom. The molecule has 0 radical (unpaired) electrons. The maximum Gasteiger partial charge on any atom is 0.198 e. The molecule has 2 unspecified atom stereocenters. The van der Waals surface area contributed by atoms with Crippen molar-refractivity contribution in [2.45, 2.75) is 31.3 Å². The number of piperidine rings is 1. The zero-order valence-corrected chi connectivity index (χ0v) is 14.7. The molecule has 0 bridgehead atoms. The van der Waals surface area contributed by atoms with Crippen LogP contribution in [-0.4, -0.2) is 49.0 Å². The third kappa shape index (κ3) is 2.82. The van der Waals surface area contributed by atoms with Gasteiger partial charge in [0.2, 0.25) is 0 Å². The quantitative estimate of drug-likeness (QED) is 0.584. The van der Waals surface area contributed by atoms with Gasteiger partial charge in [0.25, 0.3) is 0 Å². The molecule has 1 saturated heterocycles. The van der Waals surface area contributed by atoms with E-state index in [0.717, 1.165) is 18.7 Å². The van der Waals surface area contributed by atoms with Crippen LogP contribution in [0.3, 0.4) is 0 Å². The molecule has 1 aliphatic heterocycles. The van der Waals surface area contributed by atoms with Gasteiger partial charge in [-0.3, -0.25) is 4.90 Å². The second-order valence-corrected chi connectivity index (χ2v) is 5.59. The summed E-state index contributed by atoms with van der Waals surface area (Å²) in [7, 11) is 4.04. The number of likely N-dealkylation sites (tertiary alicyclic amines) is 1. The summed E-state index contributed by atoms with van der Waals surface area (Å²) in [6.07, 6.45) is 3.26. The fraction of sp³-hybridized carbons (Fsp3) is 0.600. The first-order valence-corrected chi connectivity index (χ1v) is 8.02. The van der Waals surface area contributed by atoms with Gasteiger partial charge in [0.15, 0.2) is 12.0 Å². The third-order valence-electron chi connectivity index (χ3n) is 4.07. The van der Waals surface area contributed by atoms with E-state index in [0.29, 0.717) is 10.5 Å². The van der Waals surface area contributed by atoms with Crippen molar-refractivity contribution in [2.24, 2.45) is 0 Å². The fourth-order valence-electron chi connectivity index (χ4n) is 3.13. The molecule has 5 heteroatoms. The number of hydrogen-bond donors (Lipinski definition) is 0. The van der Waals surface area contributed by atoms with E-state index in [-0.39, 0.29) is 0 Å². The second-order valence-electron chi connectivity index (χ2n) is 5.12. The molecule has 2 atom stereocenters. The molecule has 1 fully saturated rings. The molecule has 1 heterocycles. The molecule has 0 aliphatic carbocycles. The average Bonchev–Trinajstić information content (AvgIpc) is 2.54. The molecule has 1 aliphatic rings. The van der Waals surface area contributed by atoms with Crippen molar-refractivity contribution in [1.82, 2.24) is 4.90 Å². The normalized spacial score (nSPS) is 21.5. The lowest BCUT2D eigenvalue weighted by atomic mass is 9.96. The molecular weight excluding hydrogens is 270 g/mol. The highest BCUT2D eigenvalue weighted by atomic mass is 28.2. The second kappa shape index (κ2) is 7.33. The van der Waals surface area contributed by atoms with Crippen LogP contribution in [0.1, 0.15) is 24.8 Å². The third-order valence-corrected chi connectivity index (χ3v) is 4.50. The lowest BCUT2D eigenvalue weighted by Gasteiger charge is -2.48. The summed E-state index contributed by atoms with van der Waals surface area (Å²) < 4.78 is 17.3. The minimum Gasteiger partial charge on any atom is -0.400 e. The fourth-order valence-corrected chi connectivity index (χ4v) is 3.64. The van der Waals surface area contributed by atoms with Crippen LogP contribution in [0, 0.1) is 0 Å². The van der Waals surface area contributed by atoms with E-state index in [4.69, 9.17) is 13.9 Å². The van der Waals surface area contributed by atoms with Crippen molar-refractivity contribution in [2.75, 3.05) is 27.3 Å². The van der Waals surface area contributed by atoms with Gasteiger partial charge < -0.3 is 13.9 Å². The molecule has 2 rings (SSSR count). The summed E-state index contributed by atoms with van der Waals surface area (Å²) in [6.45, 7) is 2.01. The largest absolute Gasteiger partial charge is 0.400 e. The van der Waals surface area contributed by atoms with Gasteiger partial charge in [-0.2, -0.15) is 0 Å². The maximum absolute atomic E-state index is 6.01. The molecule has 112 valence electrons. The van der Waals surface area contributed by atoms with E-state index in [1.807, 2.05) is 18.2 Å². The number of benzene rings is 1. The van der Waals surface area contributed by atoms with Gasteiger partial charge in [-0.1, -0.05) is 36.8 Å². The standard InChI is InChI=1S/C15H25NO3Si/c1-17-14(19-20)15(18-2,13-9-5-3-6-10-13)16-11-7-4-8-12-16/h3,5-6,9-10,14H,4,7-8,11-12H2,1-2,20H3. The summed E-state index contributed by atoms with van der Waals surface area (Å²) in [5.74, 6) is 0. The lowest BCUT2D eigenvalue weighted by Crippen LogP contribution is -2.58. The Hall–Kier alpha value is -0.723. The zero-order valence-electron chi connectivity index (χ0n) is 12.7. The van der Waals surface area contributed by atoms with Crippen molar-refractivity contribution in [1.29, 1.82) is 0 Å². The summed E-state index contributed by atoms with van der Waals surface area (Å²) >= 11 is 0. The SMILES string of the molecule is COC(O[SiH3])C(OC)(c1ccccc1)N1CCCCC1. The number of hydrogen-bond acceptors (Lipinski definition) is 4. The van der Waals surface area contributed by atoms with Gasteiger partial charge in [-0.15, -0.1) is 0 Å². The summed E-state index contributed by atoms with van der Waals surface area (Å²) in [5.41, 5.74) is 0.435. The highest BCUT2D eigenvalue weighted by Crippen LogP contribution is 2.36. The summed E-state index contributed by atoms with van der Waals surface area (Å²) in [6, 6.07) is 10.3. The molecule has 0 spiro atoms. The first kappa shape index (κ1) is 15.7. The molecule has 1 aromatic rings. The Labute approximate surface area is 124 Å². The molecule has 1 aromatic carbocycles. The number of ether oxygens (including phenoxy) is 2. The topological polar surface area (TPSA) is 30.9 Å². The van der Waals surface area contributed by atoms with E-state index in [2.05, 4.69) is 17.0 Å². The Morgan fingerprint density at radius 1 is 1.10 bits per heavy atom. The van der Waals surface area contributed by atoms with E-state index in [1.165, 1.54) is 19.3 Å². The van der Waals surface area contributed by atoms with Crippen LogP contribution < -0.4 is 0 Å². The van der Waals surface area contributed by atoms with E-state index in [1.54, 1.807) is 14.2 Å². The first-order valence-electron chi connectivity index (χ1n) is 7.21. The summed E-state index contributed by atoms with van der Waals surface area (Å²) in [5, 5.41) is 0. The van der Waals surface area contributed by atoms with Crippen molar-refractivity contribution < 1.29 is 13.9 Å². The van der Waals surface area contributed by atoms with Gasteiger partial charge in [0.05, 0.1) is 0 Å². The highest BCUT2D eigenvalue weighted by molar-refractivity contribution is 5.98. The Balaban J connectivity index is 2.44. The van der Waals surface area contributed by atoms with Crippen LogP contribution in [0.5, 0.6) is 0 Å². The van der Waals surface area contributed by atoms with E-state index in [9.17, 15) is 0 Å². The number of rotatable bonds is 6. The Bertz CT molecular complexity index is 393. The first-order chi connectivity index (χ1) is 9.79. The van der Waals surface area contributed by atoms with Gasteiger partial charge in [-0.05, 0) is 12.8 Å². The minimum absolute atomic E-state index is 0.403. The molecule has 4 nitrogen and oxygen atoms in total. The molecule has 0 amide bonds. The predicted octanol–water partition coefficient (Wildman–Crippen LogP) is 1.24. The van der Waals surface area contributed by atoms with Crippen molar-refractivity contribution in [3.05, 3.63) is 35.9 Å². The van der Waals surface area contributed by atoms with Crippen LogP contribution in [0.2, 0.25) is 0 Å². The van der Waals surface area contributed by atoms with E-state index < -0.39 is 12.0 Å². The van der Waals surface area contributed by atoms with Crippen molar-refractivity contribution in [3.8, 4) is 0 Å². The van der Waals surface area contributed by atoms with E-state index >= 15 is 0 Å². The average molecular weight is 295 g/mol. The van der Waals surface area contributed by atoms with Crippen LogP contribution in [-0.2, 0) is 19.6 Å². The van der Waals surface area contributed by atoms with Crippen molar-refractivity contribution >= 4 is 10.5 Å². The van der Waals surface area contributed by atoms with Crippen LogP contribution in [0.25, 0.3) is 0 Å². The molecular formula is C15H25NO3Si. The van der Waals surface area contributed by atoms with Gasteiger partial charge in [-0.25, -0.2) is 0 Å². The zero-order chi connectivity index (χ0) is 14.4. The van der Waals surface area contributed by atoms with Gasteiger partial charge in [0.1, 0.15) is 10.5 Å². The van der Waals surface area contributed by atoms with Crippen molar-refractivity contribution in [3.63, 3.8) is 0 Å². The van der Waals surface area contributed by atoms with Crippen LogP contribution in [0.4, 0.5) is 0 Å². The minimum atomic E-state index is -0.655. The van der Waals surface area contributed by atoms with Crippen LogP contribution >= 0.6 is 0 Å².